The molecule has 0 aromatic heterocycles. The maximum atomic E-state index is 9.16. The molecule has 0 aliphatic rings. The highest BCUT2D eigenvalue weighted by Gasteiger charge is 2.16. The largest absolute Gasteiger partial charge is 0.496 e. The molecule has 0 radical (unpaired) electrons. The van der Waals surface area contributed by atoms with Gasteiger partial charge in [0.05, 0.1) is 25.9 Å². The van der Waals surface area contributed by atoms with Crippen molar-refractivity contribution in [2.24, 2.45) is 21.6 Å². The summed E-state index contributed by atoms with van der Waals surface area (Å²) in [4.78, 5) is 3.84. The molecule has 10 heteroatoms. The zero-order chi connectivity index (χ0) is 29.0. The molecule has 0 atom stereocenters. The molecule has 0 saturated heterocycles. The SMILES string of the molecule is C.C.CC(C)(CN)CO.COc1ccccc1CN=C=S.COc1ccccc1CNC(=S)NCC(C)(C)CO. The quantitative estimate of drug-likeness (QED) is 0.176. The van der Waals surface area contributed by atoms with Gasteiger partial charge in [0.25, 0.3) is 0 Å². The predicted octanol–water partition coefficient (Wildman–Crippen LogP) is 5.21. The van der Waals surface area contributed by atoms with E-state index in [0.29, 0.717) is 31.3 Å². The van der Waals surface area contributed by atoms with E-state index in [-0.39, 0.29) is 38.9 Å². The summed E-state index contributed by atoms with van der Waals surface area (Å²) in [7, 11) is 3.29. The van der Waals surface area contributed by atoms with Crippen molar-refractivity contribution in [2.75, 3.05) is 40.5 Å². The molecule has 0 aliphatic carbocycles. The predicted molar refractivity (Wildman–Crippen MR) is 176 cm³/mol. The van der Waals surface area contributed by atoms with Gasteiger partial charge in [0, 0.05) is 48.3 Å². The number of benzene rings is 2. The first-order valence-corrected chi connectivity index (χ1v) is 13.0. The standard InChI is InChI=1S/C14H22N2O2S.C9H9NOS.C5H13NO.2CH4/c1-14(2,10-17)9-16-13(19)15-8-11-6-4-5-7-12(11)18-3;1-11-9-5-3-2-4-8(9)6-10-7-12;1-5(2,3-6)4-7;;/h4-7,17H,8-10H2,1-3H3,(H2,15,16,19);2-5H,6H2,1H3;7H,3-4,6H2,1-2H3;2*1H4. The van der Waals surface area contributed by atoms with E-state index in [2.05, 4.69) is 33.0 Å². The summed E-state index contributed by atoms with van der Waals surface area (Å²) < 4.78 is 10.4. The highest BCUT2D eigenvalue weighted by molar-refractivity contribution is 7.80. The first kappa shape index (κ1) is 41.9. The molecule has 0 saturated carbocycles. The van der Waals surface area contributed by atoms with Crippen LogP contribution in [0.4, 0.5) is 0 Å². The molecule has 0 unspecified atom stereocenters. The molecule has 2 aromatic carbocycles. The summed E-state index contributed by atoms with van der Waals surface area (Å²) in [6.45, 7) is 10.4. The van der Waals surface area contributed by atoms with E-state index in [4.69, 9.17) is 37.6 Å². The lowest BCUT2D eigenvalue weighted by molar-refractivity contribution is 0.162. The van der Waals surface area contributed by atoms with Crippen molar-refractivity contribution in [3.8, 4) is 11.5 Å². The smallest absolute Gasteiger partial charge is 0.166 e. The Kier molecular flexibility index (Phi) is 24.2. The molecule has 2 aromatic rings. The lowest BCUT2D eigenvalue weighted by atomic mass is 9.95. The van der Waals surface area contributed by atoms with Crippen molar-refractivity contribution in [2.45, 2.75) is 55.6 Å². The van der Waals surface area contributed by atoms with Gasteiger partial charge >= 0.3 is 0 Å². The average Bonchev–Trinajstić information content (AvgIpc) is 2.94. The van der Waals surface area contributed by atoms with Crippen LogP contribution in [-0.4, -0.2) is 61.0 Å². The molecule has 228 valence electrons. The molecular formula is C30H52N4O4S2. The van der Waals surface area contributed by atoms with Crippen LogP contribution < -0.4 is 25.8 Å². The van der Waals surface area contributed by atoms with Crippen molar-refractivity contribution in [1.29, 1.82) is 0 Å². The van der Waals surface area contributed by atoms with Crippen LogP contribution in [0.1, 0.15) is 53.7 Å². The van der Waals surface area contributed by atoms with Crippen LogP contribution >= 0.6 is 24.4 Å². The zero-order valence-electron chi connectivity index (χ0n) is 23.4. The number of hydrogen-bond acceptors (Lipinski definition) is 8. The van der Waals surface area contributed by atoms with Gasteiger partial charge in [0.2, 0.25) is 0 Å². The molecule has 0 bridgehead atoms. The fourth-order valence-electron chi connectivity index (χ4n) is 2.48. The Labute approximate surface area is 253 Å². The van der Waals surface area contributed by atoms with Crippen molar-refractivity contribution >= 4 is 34.7 Å². The fraction of sp³-hybridized carbons (Fsp3) is 0.533. The second-order valence-electron chi connectivity index (χ2n) is 9.92. The van der Waals surface area contributed by atoms with Gasteiger partial charge in [-0.3, -0.25) is 0 Å². The lowest BCUT2D eigenvalue weighted by Gasteiger charge is -2.23. The number of nitrogens with zero attached hydrogens (tertiary/aromatic N) is 1. The number of rotatable bonds is 11. The van der Waals surface area contributed by atoms with Gasteiger partial charge < -0.3 is 36.1 Å². The summed E-state index contributed by atoms with van der Waals surface area (Å²) in [5.41, 5.74) is 7.07. The number of aliphatic hydroxyl groups is 2. The minimum atomic E-state index is -0.184. The van der Waals surface area contributed by atoms with Gasteiger partial charge in [-0.05, 0) is 43.1 Å². The number of nitrogens with one attached hydrogen (secondary N) is 2. The Morgan fingerprint density at radius 1 is 0.875 bits per heavy atom. The molecule has 8 nitrogen and oxygen atoms in total. The van der Waals surface area contributed by atoms with Gasteiger partial charge in [-0.15, -0.1) is 0 Å². The van der Waals surface area contributed by atoms with Crippen LogP contribution in [0.25, 0.3) is 0 Å². The van der Waals surface area contributed by atoms with Gasteiger partial charge in [-0.25, -0.2) is 4.99 Å². The molecule has 2 rings (SSSR count). The third kappa shape index (κ3) is 18.7. The van der Waals surface area contributed by atoms with Gasteiger partial charge in [-0.1, -0.05) is 78.9 Å². The van der Waals surface area contributed by atoms with Crippen LogP contribution in [0.3, 0.4) is 0 Å². The summed E-state index contributed by atoms with van der Waals surface area (Å²) in [5.74, 6) is 1.68. The van der Waals surface area contributed by atoms with Crippen molar-refractivity contribution < 1.29 is 19.7 Å². The number of ether oxygens (including phenoxy) is 2. The van der Waals surface area contributed by atoms with Gasteiger partial charge in [-0.2, -0.15) is 0 Å². The second-order valence-corrected chi connectivity index (χ2v) is 10.5. The minimum absolute atomic E-state index is 0. The molecular weight excluding hydrogens is 544 g/mol. The zero-order valence-corrected chi connectivity index (χ0v) is 25.0. The Morgan fingerprint density at radius 3 is 1.77 bits per heavy atom. The maximum Gasteiger partial charge on any atom is 0.166 e. The molecule has 6 N–H and O–H groups in total. The Morgan fingerprint density at radius 2 is 1.35 bits per heavy atom. The van der Waals surface area contributed by atoms with Crippen molar-refractivity contribution in [3.63, 3.8) is 0 Å². The van der Waals surface area contributed by atoms with E-state index < -0.39 is 0 Å². The lowest BCUT2D eigenvalue weighted by Crippen LogP contribution is -2.41. The first-order chi connectivity index (χ1) is 18.0. The van der Waals surface area contributed by atoms with Crippen LogP contribution in [0.5, 0.6) is 11.5 Å². The highest BCUT2D eigenvalue weighted by atomic mass is 32.1. The summed E-state index contributed by atoms with van der Waals surface area (Å²) >= 11 is 9.68. The summed E-state index contributed by atoms with van der Waals surface area (Å²) in [6, 6.07) is 15.5. The monoisotopic (exact) mass is 596 g/mol. The molecule has 0 heterocycles. The topological polar surface area (TPSA) is 121 Å². The number of methoxy groups -OCH3 is 2. The third-order valence-corrected chi connectivity index (χ3v) is 5.69. The maximum absolute atomic E-state index is 9.16. The number of aliphatic hydroxyl groups excluding tert-OH is 2. The van der Waals surface area contributed by atoms with Gasteiger partial charge in [0.15, 0.2) is 5.11 Å². The highest BCUT2D eigenvalue weighted by Crippen LogP contribution is 2.18. The normalized spacial score (nSPS) is 9.93. The number of isothiocyanates is 1. The van der Waals surface area contributed by atoms with E-state index in [9.17, 15) is 0 Å². The van der Waals surface area contributed by atoms with Crippen LogP contribution in [0.2, 0.25) is 0 Å². The third-order valence-electron chi connectivity index (χ3n) is 5.27. The van der Waals surface area contributed by atoms with Crippen LogP contribution in [0.15, 0.2) is 53.5 Å². The van der Waals surface area contributed by atoms with E-state index in [0.717, 1.165) is 22.6 Å². The molecule has 40 heavy (non-hydrogen) atoms. The summed E-state index contributed by atoms with van der Waals surface area (Å²) in [5, 5.41) is 26.8. The molecule has 0 aliphatic heterocycles. The van der Waals surface area contributed by atoms with E-state index >= 15 is 0 Å². The van der Waals surface area contributed by atoms with Crippen molar-refractivity contribution in [3.05, 3.63) is 59.7 Å². The van der Waals surface area contributed by atoms with E-state index in [1.54, 1.807) is 14.2 Å². The average molecular weight is 597 g/mol. The molecule has 0 amide bonds. The van der Waals surface area contributed by atoms with E-state index in [1.807, 2.05) is 76.2 Å². The Hall–Kier alpha value is -2.59. The molecule has 0 spiro atoms. The number of aliphatic imine (C=N–C) groups is 1. The van der Waals surface area contributed by atoms with E-state index in [1.165, 1.54) is 0 Å². The minimum Gasteiger partial charge on any atom is -0.496 e. The fourth-order valence-corrected chi connectivity index (χ4v) is 2.69. The van der Waals surface area contributed by atoms with Crippen molar-refractivity contribution in [1.82, 2.24) is 10.6 Å². The number of nitrogens with two attached hydrogens (primary N) is 1. The first-order valence-electron chi connectivity index (χ1n) is 12.2. The van der Waals surface area contributed by atoms with Crippen LogP contribution in [-0.2, 0) is 13.1 Å². The van der Waals surface area contributed by atoms with Gasteiger partial charge in [0.1, 0.15) is 11.5 Å². The number of para-hydroxylation sites is 2. The number of hydrogen-bond donors (Lipinski definition) is 5. The van der Waals surface area contributed by atoms with Crippen LogP contribution in [0, 0.1) is 10.8 Å². The number of thiocarbonyl (C=S) groups is 2. The molecule has 0 fully saturated rings. The Bertz CT molecular complexity index is 991. The Balaban J connectivity index is -0.000000561. The second kappa shape index (κ2) is 23.1. The summed E-state index contributed by atoms with van der Waals surface area (Å²) in [6.07, 6.45) is 0.